The van der Waals surface area contributed by atoms with Gasteiger partial charge in [0.05, 0.1) is 25.3 Å². The number of anilines is 1. The maximum absolute atomic E-state index is 12.4. The number of nitrogens with one attached hydrogen (secondary N) is 1. The van der Waals surface area contributed by atoms with E-state index in [0.29, 0.717) is 17.2 Å². The molecule has 156 valence electrons. The second-order valence-corrected chi connectivity index (χ2v) is 6.46. The van der Waals surface area contributed by atoms with Crippen molar-refractivity contribution in [1.29, 1.82) is 0 Å². The lowest BCUT2D eigenvalue weighted by Gasteiger charge is -2.20. The Kier molecular flexibility index (Phi) is 6.01. The summed E-state index contributed by atoms with van der Waals surface area (Å²) in [5.74, 6) is -1.68. The molecule has 3 amide bonds. The molecule has 0 saturated heterocycles. The van der Waals surface area contributed by atoms with Crippen molar-refractivity contribution in [2.24, 2.45) is 0 Å². The molecule has 1 aliphatic rings. The lowest BCUT2D eigenvalue weighted by molar-refractivity contribution is -0.150. The molecule has 1 N–H and O–H groups in total. The van der Waals surface area contributed by atoms with Gasteiger partial charge < -0.3 is 19.5 Å². The van der Waals surface area contributed by atoms with Gasteiger partial charge in [-0.1, -0.05) is 12.1 Å². The molecule has 0 bridgehead atoms. The van der Waals surface area contributed by atoms with Gasteiger partial charge in [0, 0.05) is 23.9 Å². The Morgan fingerprint density at radius 2 is 1.50 bits per heavy atom. The number of amides is 3. The standard InChI is InChI=1S/C21H20N2O7/c1-12(23-19(25)16-6-4-5-7-17(16)20(23)26)21(27)30-11-18(24)22-13-8-14(28-2)10-15(9-13)29-3/h4-10,12H,11H2,1-3H3,(H,22,24)/t12-/m1/s1. The molecular formula is C21H20N2O7. The highest BCUT2D eigenvalue weighted by Crippen LogP contribution is 2.26. The molecule has 1 heterocycles. The van der Waals surface area contributed by atoms with Gasteiger partial charge in [0.15, 0.2) is 6.61 Å². The minimum atomic E-state index is -1.18. The Morgan fingerprint density at radius 3 is 2.00 bits per heavy atom. The largest absolute Gasteiger partial charge is 0.497 e. The van der Waals surface area contributed by atoms with Crippen LogP contribution in [-0.2, 0) is 14.3 Å². The van der Waals surface area contributed by atoms with E-state index in [1.165, 1.54) is 33.3 Å². The lowest BCUT2D eigenvalue weighted by Crippen LogP contribution is -2.44. The summed E-state index contributed by atoms with van der Waals surface area (Å²) in [7, 11) is 2.95. The van der Waals surface area contributed by atoms with E-state index < -0.39 is 36.3 Å². The van der Waals surface area contributed by atoms with Crippen LogP contribution < -0.4 is 14.8 Å². The van der Waals surface area contributed by atoms with Crippen molar-refractivity contribution in [1.82, 2.24) is 4.90 Å². The van der Waals surface area contributed by atoms with Gasteiger partial charge in [-0.3, -0.25) is 19.3 Å². The van der Waals surface area contributed by atoms with Gasteiger partial charge in [0.25, 0.3) is 17.7 Å². The molecule has 2 aromatic rings. The zero-order valence-electron chi connectivity index (χ0n) is 16.6. The topological polar surface area (TPSA) is 111 Å². The Morgan fingerprint density at radius 1 is 0.967 bits per heavy atom. The highest BCUT2D eigenvalue weighted by atomic mass is 16.5. The van der Waals surface area contributed by atoms with Crippen LogP contribution in [0.1, 0.15) is 27.6 Å². The number of nitrogens with zero attached hydrogens (tertiary/aromatic N) is 1. The predicted octanol–water partition coefficient (Wildman–Crippen LogP) is 1.87. The first kappa shape index (κ1) is 20.8. The number of carbonyl (C=O) groups excluding carboxylic acids is 4. The molecule has 0 spiro atoms. The number of methoxy groups -OCH3 is 2. The third kappa shape index (κ3) is 4.09. The van der Waals surface area contributed by atoms with Gasteiger partial charge in [0.1, 0.15) is 17.5 Å². The second-order valence-electron chi connectivity index (χ2n) is 6.46. The number of hydrogen-bond acceptors (Lipinski definition) is 7. The van der Waals surface area contributed by atoms with E-state index in [4.69, 9.17) is 14.2 Å². The number of hydrogen-bond donors (Lipinski definition) is 1. The summed E-state index contributed by atoms with van der Waals surface area (Å²) < 4.78 is 15.3. The van der Waals surface area contributed by atoms with Crippen molar-refractivity contribution in [3.05, 3.63) is 53.6 Å². The van der Waals surface area contributed by atoms with Crippen LogP contribution in [0.5, 0.6) is 11.5 Å². The first-order valence-electron chi connectivity index (χ1n) is 9.02. The molecule has 0 saturated carbocycles. The van der Waals surface area contributed by atoms with E-state index in [0.717, 1.165) is 4.90 Å². The fraction of sp³-hybridized carbons (Fsp3) is 0.238. The average molecular weight is 412 g/mol. The van der Waals surface area contributed by atoms with E-state index in [9.17, 15) is 19.2 Å². The fourth-order valence-electron chi connectivity index (χ4n) is 3.00. The lowest BCUT2D eigenvalue weighted by atomic mass is 10.1. The second kappa shape index (κ2) is 8.64. The van der Waals surface area contributed by atoms with Crippen molar-refractivity contribution in [3.63, 3.8) is 0 Å². The minimum absolute atomic E-state index is 0.229. The summed E-state index contributed by atoms with van der Waals surface area (Å²) in [6.07, 6.45) is 0. The van der Waals surface area contributed by atoms with Crippen molar-refractivity contribution in [2.45, 2.75) is 13.0 Å². The fourth-order valence-corrected chi connectivity index (χ4v) is 3.00. The number of imide groups is 1. The molecule has 2 aromatic carbocycles. The molecule has 30 heavy (non-hydrogen) atoms. The first-order valence-corrected chi connectivity index (χ1v) is 9.02. The summed E-state index contributed by atoms with van der Waals surface area (Å²) in [5, 5.41) is 2.56. The van der Waals surface area contributed by atoms with Crippen molar-refractivity contribution in [3.8, 4) is 11.5 Å². The van der Waals surface area contributed by atoms with Crippen LogP contribution in [0.15, 0.2) is 42.5 Å². The maximum atomic E-state index is 12.4. The van der Waals surface area contributed by atoms with Gasteiger partial charge in [0.2, 0.25) is 0 Å². The first-order chi connectivity index (χ1) is 14.3. The molecule has 3 rings (SSSR count). The van der Waals surface area contributed by atoms with Gasteiger partial charge in [-0.2, -0.15) is 0 Å². The van der Waals surface area contributed by atoms with Crippen LogP contribution in [0.4, 0.5) is 5.69 Å². The van der Waals surface area contributed by atoms with Gasteiger partial charge in [-0.15, -0.1) is 0 Å². The molecule has 0 radical (unpaired) electrons. The molecule has 1 atom stereocenters. The van der Waals surface area contributed by atoms with Crippen LogP contribution >= 0.6 is 0 Å². The van der Waals surface area contributed by atoms with Gasteiger partial charge >= 0.3 is 5.97 Å². The predicted molar refractivity (Wildman–Crippen MR) is 106 cm³/mol. The highest BCUT2D eigenvalue weighted by molar-refractivity contribution is 6.22. The summed E-state index contributed by atoms with van der Waals surface area (Å²) >= 11 is 0. The number of fused-ring (bicyclic) bond motifs is 1. The van der Waals surface area contributed by atoms with Crippen molar-refractivity contribution < 1.29 is 33.4 Å². The van der Waals surface area contributed by atoms with Crippen LogP contribution in [0.3, 0.4) is 0 Å². The molecule has 0 unspecified atom stereocenters. The summed E-state index contributed by atoms with van der Waals surface area (Å²) in [4.78, 5) is 50.2. The van der Waals surface area contributed by atoms with E-state index in [1.807, 2.05) is 0 Å². The molecule has 9 nitrogen and oxygen atoms in total. The molecule has 9 heteroatoms. The number of rotatable bonds is 7. The minimum Gasteiger partial charge on any atom is -0.497 e. The molecule has 1 aliphatic heterocycles. The maximum Gasteiger partial charge on any atom is 0.329 e. The van der Waals surface area contributed by atoms with Crippen molar-refractivity contribution >= 4 is 29.4 Å². The quantitative estimate of drug-likeness (QED) is 0.546. The van der Waals surface area contributed by atoms with E-state index in [-0.39, 0.29) is 11.1 Å². The normalized spacial score (nSPS) is 13.5. The Balaban J connectivity index is 1.60. The third-order valence-electron chi connectivity index (χ3n) is 4.53. The zero-order chi connectivity index (χ0) is 21.8. The highest BCUT2D eigenvalue weighted by Gasteiger charge is 2.41. The SMILES string of the molecule is COc1cc(NC(=O)COC(=O)[C@@H](C)N2C(=O)c3ccccc3C2=O)cc(OC)c1. The average Bonchev–Trinajstić information content (AvgIpc) is 3.01. The number of benzene rings is 2. The number of esters is 1. The third-order valence-corrected chi connectivity index (χ3v) is 4.53. The molecule has 0 fully saturated rings. The number of carbonyl (C=O) groups is 4. The summed E-state index contributed by atoms with van der Waals surface area (Å²) in [6, 6.07) is 9.91. The van der Waals surface area contributed by atoms with E-state index in [2.05, 4.69) is 5.32 Å². The van der Waals surface area contributed by atoms with Crippen LogP contribution in [0, 0.1) is 0 Å². The zero-order valence-corrected chi connectivity index (χ0v) is 16.6. The number of ether oxygens (including phenoxy) is 3. The summed E-state index contributed by atoms with van der Waals surface area (Å²) in [5.41, 5.74) is 0.847. The summed E-state index contributed by atoms with van der Waals surface area (Å²) in [6.45, 7) is 0.778. The Bertz CT molecular complexity index is 961. The van der Waals surface area contributed by atoms with Crippen molar-refractivity contribution in [2.75, 3.05) is 26.1 Å². The van der Waals surface area contributed by atoms with Crippen LogP contribution in [0.2, 0.25) is 0 Å². The van der Waals surface area contributed by atoms with Gasteiger partial charge in [-0.05, 0) is 19.1 Å². The molecule has 0 aliphatic carbocycles. The Labute approximate surface area is 172 Å². The van der Waals surface area contributed by atoms with Crippen LogP contribution in [-0.4, -0.2) is 55.5 Å². The monoisotopic (exact) mass is 412 g/mol. The van der Waals surface area contributed by atoms with E-state index >= 15 is 0 Å². The Hall–Kier alpha value is -3.88. The van der Waals surface area contributed by atoms with E-state index in [1.54, 1.807) is 30.3 Å². The van der Waals surface area contributed by atoms with Gasteiger partial charge in [-0.25, -0.2) is 4.79 Å². The smallest absolute Gasteiger partial charge is 0.329 e. The van der Waals surface area contributed by atoms with Crippen LogP contribution in [0.25, 0.3) is 0 Å². The molecular weight excluding hydrogens is 392 g/mol. The molecule has 0 aromatic heterocycles.